The van der Waals surface area contributed by atoms with Gasteiger partial charge in [-0.3, -0.25) is 0 Å². The zero-order chi connectivity index (χ0) is 40.0. The maximum Gasteiger partial charge on any atom is 0.0588 e. The highest BCUT2D eigenvalue weighted by molar-refractivity contribution is 6.14. The SMILES string of the molecule is CC1(C)c2cc(N(c3ccc(C4CCCCC4)cc3)c3ccc(C4CC5CCC4C5)cc3)cc(-c3ccccc3)c2-c2ccc3c4ccccc4n(-c4ccccc4)c3c21. The molecule has 296 valence electrons. The molecule has 0 N–H and O–H groups in total. The predicted molar refractivity (Wildman–Crippen MR) is 252 cm³/mol. The van der Waals surface area contributed by atoms with E-state index in [2.05, 4.69) is 181 Å². The molecule has 12 rings (SSSR count). The Morgan fingerprint density at radius 2 is 1.23 bits per heavy atom. The third-order valence-corrected chi connectivity index (χ3v) is 15.4. The van der Waals surface area contributed by atoms with Crippen molar-refractivity contribution in [1.29, 1.82) is 0 Å². The van der Waals surface area contributed by atoms with Crippen molar-refractivity contribution in [2.24, 2.45) is 11.8 Å². The number of benzene rings is 7. The molecule has 0 radical (unpaired) electrons. The van der Waals surface area contributed by atoms with Crippen LogP contribution >= 0.6 is 0 Å². The first-order chi connectivity index (χ1) is 29.5. The van der Waals surface area contributed by atoms with Crippen LogP contribution in [0.2, 0.25) is 0 Å². The minimum absolute atomic E-state index is 0.285. The third kappa shape index (κ3) is 5.67. The largest absolute Gasteiger partial charge is 0.310 e. The Balaban J connectivity index is 1.07. The Hall–Kier alpha value is -5.86. The van der Waals surface area contributed by atoms with Crippen LogP contribution in [-0.2, 0) is 5.41 Å². The summed E-state index contributed by atoms with van der Waals surface area (Å²) in [7, 11) is 0. The Morgan fingerprint density at radius 3 is 1.93 bits per heavy atom. The minimum Gasteiger partial charge on any atom is -0.310 e. The van der Waals surface area contributed by atoms with E-state index in [1.54, 1.807) is 0 Å². The van der Waals surface area contributed by atoms with Gasteiger partial charge in [0.2, 0.25) is 0 Å². The number of fused-ring (bicyclic) bond motifs is 9. The summed E-state index contributed by atoms with van der Waals surface area (Å²) in [5.74, 6) is 3.19. The average Bonchev–Trinajstić information content (AvgIpc) is 4.08. The summed E-state index contributed by atoms with van der Waals surface area (Å²) in [6, 6.07) is 60.4. The molecular weight excluding hydrogens is 725 g/mol. The lowest BCUT2D eigenvalue weighted by Crippen LogP contribution is -2.18. The van der Waals surface area contributed by atoms with Gasteiger partial charge in [0.15, 0.2) is 0 Å². The van der Waals surface area contributed by atoms with E-state index in [-0.39, 0.29) is 5.41 Å². The van der Waals surface area contributed by atoms with Crippen LogP contribution in [0.3, 0.4) is 0 Å². The van der Waals surface area contributed by atoms with Crippen molar-refractivity contribution in [3.05, 3.63) is 180 Å². The van der Waals surface area contributed by atoms with Crippen molar-refractivity contribution < 1.29 is 0 Å². The number of anilines is 3. The lowest BCUT2D eigenvalue weighted by Gasteiger charge is -2.30. The Morgan fingerprint density at radius 1 is 0.550 bits per heavy atom. The smallest absolute Gasteiger partial charge is 0.0588 e. The van der Waals surface area contributed by atoms with Crippen LogP contribution in [0.25, 0.3) is 49.7 Å². The first-order valence-electron chi connectivity index (χ1n) is 22.9. The minimum atomic E-state index is -0.285. The molecule has 3 unspecified atom stereocenters. The highest BCUT2D eigenvalue weighted by Crippen LogP contribution is 2.58. The summed E-state index contributed by atoms with van der Waals surface area (Å²) >= 11 is 0. The van der Waals surface area contributed by atoms with E-state index in [4.69, 9.17) is 0 Å². The van der Waals surface area contributed by atoms with Crippen molar-refractivity contribution in [2.75, 3.05) is 4.90 Å². The lowest BCUT2D eigenvalue weighted by molar-refractivity contribution is 0.420. The molecule has 3 fully saturated rings. The zero-order valence-corrected chi connectivity index (χ0v) is 35.1. The Labute approximate surface area is 355 Å². The molecule has 8 aromatic rings. The topological polar surface area (TPSA) is 8.17 Å². The molecule has 7 aromatic carbocycles. The zero-order valence-electron chi connectivity index (χ0n) is 35.1. The number of hydrogen-bond acceptors (Lipinski definition) is 1. The standard InChI is InChI=1S/C58H54N2/c1-58(2)53-37-47(59(45-28-24-40(25-29-45)39-14-6-3-7-15-39)46-30-26-42(27-31-46)51-35-38-22-23-43(51)34-38)36-52(41-16-8-4-9-17-41)55(53)50-33-32-49-48-20-12-13-21-54(48)60(57(49)56(50)58)44-18-10-5-11-19-44/h4-5,8-13,16-21,24-33,36-39,43,51H,3,6-7,14-15,22-23,34-35H2,1-2H3. The van der Waals surface area contributed by atoms with Gasteiger partial charge < -0.3 is 9.47 Å². The molecule has 0 spiro atoms. The molecule has 2 nitrogen and oxygen atoms in total. The number of hydrogen-bond donors (Lipinski definition) is 0. The van der Waals surface area contributed by atoms with Gasteiger partial charge in [-0.05, 0) is 155 Å². The predicted octanol–water partition coefficient (Wildman–Crippen LogP) is 16.2. The first kappa shape index (κ1) is 36.0. The molecule has 0 amide bonds. The van der Waals surface area contributed by atoms with Crippen molar-refractivity contribution in [1.82, 2.24) is 4.57 Å². The van der Waals surface area contributed by atoms with Gasteiger partial charge in [-0.25, -0.2) is 0 Å². The van der Waals surface area contributed by atoms with Crippen LogP contribution in [0.1, 0.15) is 106 Å². The highest BCUT2D eigenvalue weighted by atomic mass is 15.1. The van der Waals surface area contributed by atoms with Gasteiger partial charge in [-0.15, -0.1) is 0 Å². The summed E-state index contributed by atoms with van der Waals surface area (Å²) in [4.78, 5) is 2.55. The molecule has 3 atom stereocenters. The van der Waals surface area contributed by atoms with Gasteiger partial charge in [0, 0.05) is 38.9 Å². The number of aromatic nitrogens is 1. The normalized spacial score (nSPS) is 20.5. The molecule has 1 aromatic heterocycles. The molecule has 0 saturated heterocycles. The second-order valence-corrected chi connectivity index (χ2v) is 19.1. The maximum atomic E-state index is 2.55. The number of rotatable bonds is 7. The highest BCUT2D eigenvalue weighted by Gasteiger charge is 2.42. The van der Waals surface area contributed by atoms with Crippen molar-refractivity contribution in [3.63, 3.8) is 0 Å². The Kier molecular flexibility index (Phi) is 8.48. The van der Waals surface area contributed by atoms with Crippen LogP contribution in [-0.4, -0.2) is 4.57 Å². The maximum absolute atomic E-state index is 2.55. The van der Waals surface area contributed by atoms with Crippen LogP contribution in [0, 0.1) is 11.8 Å². The molecule has 2 bridgehead atoms. The fraction of sp³-hybridized carbons (Fsp3) is 0.276. The molecule has 0 aliphatic heterocycles. The lowest BCUT2D eigenvalue weighted by atomic mass is 9.80. The Bertz CT molecular complexity index is 2880. The fourth-order valence-corrected chi connectivity index (χ4v) is 12.6. The molecular formula is C58H54N2. The summed E-state index contributed by atoms with van der Waals surface area (Å²) in [5.41, 5.74) is 18.2. The molecule has 60 heavy (non-hydrogen) atoms. The van der Waals surface area contributed by atoms with Crippen molar-refractivity contribution in [3.8, 4) is 27.9 Å². The van der Waals surface area contributed by atoms with Crippen LogP contribution in [0.4, 0.5) is 17.1 Å². The molecule has 2 heteroatoms. The van der Waals surface area contributed by atoms with E-state index < -0.39 is 0 Å². The van der Waals surface area contributed by atoms with E-state index in [1.165, 1.54) is 147 Å². The monoisotopic (exact) mass is 778 g/mol. The second kappa shape index (κ2) is 14.1. The number of nitrogens with zero attached hydrogens (tertiary/aromatic N) is 2. The fourth-order valence-electron chi connectivity index (χ4n) is 12.6. The molecule has 4 aliphatic carbocycles. The quantitative estimate of drug-likeness (QED) is 0.156. The summed E-state index contributed by atoms with van der Waals surface area (Å²) in [6.45, 7) is 4.94. The van der Waals surface area contributed by atoms with E-state index in [1.807, 2.05) is 0 Å². The first-order valence-corrected chi connectivity index (χ1v) is 22.9. The van der Waals surface area contributed by atoms with E-state index >= 15 is 0 Å². The number of para-hydroxylation sites is 2. The van der Waals surface area contributed by atoms with Gasteiger partial charge in [-0.2, -0.15) is 0 Å². The van der Waals surface area contributed by atoms with Crippen LogP contribution in [0.15, 0.2) is 158 Å². The van der Waals surface area contributed by atoms with Crippen LogP contribution < -0.4 is 4.90 Å². The van der Waals surface area contributed by atoms with E-state index in [0.29, 0.717) is 11.8 Å². The summed E-state index contributed by atoms with van der Waals surface area (Å²) in [5, 5.41) is 2.61. The van der Waals surface area contributed by atoms with Gasteiger partial charge >= 0.3 is 0 Å². The molecule has 1 heterocycles. The average molecular weight is 779 g/mol. The van der Waals surface area contributed by atoms with Gasteiger partial charge in [-0.1, -0.05) is 143 Å². The van der Waals surface area contributed by atoms with Gasteiger partial charge in [0.25, 0.3) is 0 Å². The van der Waals surface area contributed by atoms with Crippen molar-refractivity contribution in [2.45, 2.75) is 88.9 Å². The van der Waals surface area contributed by atoms with Gasteiger partial charge in [0.05, 0.1) is 11.0 Å². The van der Waals surface area contributed by atoms with Gasteiger partial charge in [0.1, 0.15) is 0 Å². The second-order valence-electron chi connectivity index (χ2n) is 19.1. The van der Waals surface area contributed by atoms with E-state index in [9.17, 15) is 0 Å². The van der Waals surface area contributed by atoms with Crippen molar-refractivity contribution >= 4 is 38.9 Å². The molecule has 3 saturated carbocycles. The van der Waals surface area contributed by atoms with Crippen LogP contribution in [0.5, 0.6) is 0 Å². The summed E-state index contributed by atoms with van der Waals surface area (Å²) in [6.07, 6.45) is 12.3. The van der Waals surface area contributed by atoms with E-state index in [0.717, 1.165) is 11.8 Å². The third-order valence-electron chi connectivity index (χ3n) is 15.4. The summed E-state index contributed by atoms with van der Waals surface area (Å²) < 4.78 is 2.53. The molecule has 4 aliphatic rings.